The van der Waals surface area contributed by atoms with Gasteiger partial charge in [0.05, 0.1) is 19.3 Å². The smallest absolute Gasteiger partial charge is 0.219 e. The van der Waals surface area contributed by atoms with Gasteiger partial charge in [0.1, 0.15) is 5.75 Å². The zero-order valence-corrected chi connectivity index (χ0v) is 16.0. The summed E-state index contributed by atoms with van der Waals surface area (Å²) in [6.07, 6.45) is 5.20. The topological polar surface area (TPSA) is 42.0 Å². The van der Waals surface area contributed by atoms with Crippen molar-refractivity contribution < 1.29 is 14.3 Å². The van der Waals surface area contributed by atoms with E-state index < -0.39 is 0 Å². The van der Waals surface area contributed by atoms with Crippen molar-refractivity contribution in [2.75, 3.05) is 39.9 Å². The lowest BCUT2D eigenvalue weighted by atomic mass is 9.78. The van der Waals surface area contributed by atoms with Crippen molar-refractivity contribution in [3.63, 3.8) is 0 Å². The van der Waals surface area contributed by atoms with Gasteiger partial charge in [-0.2, -0.15) is 0 Å². The quantitative estimate of drug-likeness (QED) is 0.815. The van der Waals surface area contributed by atoms with E-state index in [4.69, 9.17) is 9.47 Å². The number of carbonyl (C=O) groups excluding carboxylic acids is 1. The number of likely N-dealkylation sites (tertiary alicyclic amines) is 2. The molecular formula is C21H30N2O3. The predicted molar refractivity (Wildman–Crippen MR) is 100 cm³/mol. The molecular weight excluding hydrogens is 328 g/mol. The second-order valence-corrected chi connectivity index (χ2v) is 7.86. The number of benzene rings is 1. The van der Waals surface area contributed by atoms with E-state index in [0.29, 0.717) is 6.04 Å². The molecule has 1 amide bonds. The average molecular weight is 358 g/mol. The summed E-state index contributed by atoms with van der Waals surface area (Å²) in [7, 11) is 1.76. The normalized spacial score (nSPS) is 23.7. The second-order valence-electron chi connectivity index (χ2n) is 7.86. The maximum Gasteiger partial charge on any atom is 0.219 e. The Morgan fingerprint density at radius 1 is 1.19 bits per heavy atom. The number of carbonyl (C=O) groups is 1. The maximum absolute atomic E-state index is 11.5. The Morgan fingerprint density at radius 2 is 1.92 bits per heavy atom. The fraction of sp³-hybridized carbons (Fsp3) is 0.667. The van der Waals surface area contributed by atoms with Gasteiger partial charge in [-0.3, -0.25) is 4.79 Å². The van der Waals surface area contributed by atoms with E-state index in [9.17, 15) is 4.79 Å². The minimum Gasteiger partial charge on any atom is -0.496 e. The molecule has 5 heteroatoms. The van der Waals surface area contributed by atoms with Crippen molar-refractivity contribution in [1.29, 1.82) is 0 Å². The summed E-state index contributed by atoms with van der Waals surface area (Å²) in [6.45, 7) is 6.39. The molecule has 0 unspecified atom stereocenters. The molecule has 1 aromatic rings. The number of hydrogen-bond acceptors (Lipinski definition) is 4. The van der Waals surface area contributed by atoms with E-state index in [1.54, 1.807) is 14.0 Å². The van der Waals surface area contributed by atoms with Crippen LogP contribution in [0.1, 0.15) is 43.7 Å². The van der Waals surface area contributed by atoms with Crippen LogP contribution in [0.3, 0.4) is 0 Å². The number of amides is 1. The lowest BCUT2D eigenvalue weighted by molar-refractivity contribution is -0.131. The average Bonchev–Trinajstić information content (AvgIpc) is 2.68. The number of methoxy groups -OCH3 is 1. The molecule has 0 atom stereocenters. The molecule has 0 N–H and O–H groups in total. The highest BCUT2D eigenvalue weighted by atomic mass is 16.5. The van der Waals surface area contributed by atoms with Crippen molar-refractivity contribution >= 4 is 5.91 Å². The van der Waals surface area contributed by atoms with E-state index >= 15 is 0 Å². The summed E-state index contributed by atoms with van der Waals surface area (Å²) in [6, 6.07) is 6.99. The van der Waals surface area contributed by atoms with Gasteiger partial charge in [0.15, 0.2) is 0 Å². The predicted octanol–water partition coefficient (Wildman–Crippen LogP) is 2.57. The van der Waals surface area contributed by atoms with Gasteiger partial charge in [-0.25, -0.2) is 0 Å². The van der Waals surface area contributed by atoms with Crippen LogP contribution in [0.2, 0.25) is 0 Å². The number of ether oxygens (including phenoxy) is 2. The van der Waals surface area contributed by atoms with Gasteiger partial charge in [-0.1, -0.05) is 12.1 Å². The van der Waals surface area contributed by atoms with E-state index in [1.807, 2.05) is 4.90 Å². The fourth-order valence-corrected chi connectivity index (χ4v) is 5.09. The molecule has 2 saturated heterocycles. The van der Waals surface area contributed by atoms with Crippen LogP contribution in [0, 0.1) is 0 Å². The zero-order chi connectivity index (χ0) is 18.1. The van der Waals surface area contributed by atoms with Crippen LogP contribution in [0.25, 0.3) is 0 Å². The highest BCUT2D eigenvalue weighted by Crippen LogP contribution is 2.46. The van der Waals surface area contributed by atoms with Crippen molar-refractivity contribution in [2.24, 2.45) is 0 Å². The number of piperidine rings is 2. The summed E-state index contributed by atoms with van der Waals surface area (Å²) in [5, 5.41) is 0. The number of hydrogen-bond donors (Lipinski definition) is 0. The number of fused-ring (bicyclic) bond motifs is 2. The van der Waals surface area contributed by atoms with Gasteiger partial charge in [0, 0.05) is 44.7 Å². The molecule has 2 fully saturated rings. The molecule has 1 aromatic carbocycles. The molecule has 3 aliphatic heterocycles. The van der Waals surface area contributed by atoms with Gasteiger partial charge in [0.2, 0.25) is 5.91 Å². The monoisotopic (exact) mass is 358 g/mol. The van der Waals surface area contributed by atoms with Gasteiger partial charge in [-0.15, -0.1) is 0 Å². The summed E-state index contributed by atoms with van der Waals surface area (Å²) < 4.78 is 12.1. The molecule has 3 heterocycles. The molecule has 0 aromatic heterocycles. The van der Waals surface area contributed by atoms with Crippen LogP contribution in [-0.4, -0.2) is 61.6 Å². The Morgan fingerprint density at radius 3 is 2.58 bits per heavy atom. The summed E-state index contributed by atoms with van der Waals surface area (Å²) >= 11 is 0. The SMILES string of the molecule is COc1cccc2c1C1(CCN(C3CCN(C(C)=O)CC3)CC1)OCC2. The Bertz CT molecular complexity index is 645. The van der Waals surface area contributed by atoms with E-state index in [0.717, 1.165) is 70.6 Å². The van der Waals surface area contributed by atoms with E-state index in [2.05, 4.69) is 23.1 Å². The minimum absolute atomic E-state index is 0.184. The maximum atomic E-state index is 11.5. The lowest BCUT2D eigenvalue weighted by Gasteiger charge is -2.48. The molecule has 0 aliphatic carbocycles. The van der Waals surface area contributed by atoms with Crippen molar-refractivity contribution in [2.45, 2.75) is 50.7 Å². The third-order valence-electron chi connectivity index (χ3n) is 6.57. The summed E-state index contributed by atoms with van der Waals surface area (Å²) in [5.74, 6) is 1.19. The number of rotatable bonds is 2. The lowest BCUT2D eigenvalue weighted by Crippen LogP contribution is -2.52. The van der Waals surface area contributed by atoms with Crippen LogP contribution in [-0.2, 0) is 21.6 Å². The van der Waals surface area contributed by atoms with Crippen LogP contribution in [0.4, 0.5) is 0 Å². The molecule has 142 valence electrons. The number of nitrogens with zero attached hydrogens (tertiary/aromatic N) is 2. The highest BCUT2D eigenvalue weighted by Gasteiger charge is 2.44. The summed E-state index contributed by atoms with van der Waals surface area (Å²) in [5.41, 5.74) is 2.50. The second kappa shape index (κ2) is 7.20. The third-order valence-corrected chi connectivity index (χ3v) is 6.57. The largest absolute Gasteiger partial charge is 0.496 e. The molecule has 4 rings (SSSR count). The first-order valence-electron chi connectivity index (χ1n) is 9.93. The van der Waals surface area contributed by atoms with Gasteiger partial charge in [-0.05, 0) is 43.7 Å². The highest BCUT2D eigenvalue weighted by molar-refractivity contribution is 5.73. The van der Waals surface area contributed by atoms with Gasteiger partial charge >= 0.3 is 0 Å². The molecule has 0 saturated carbocycles. The zero-order valence-electron chi connectivity index (χ0n) is 16.0. The Labute approximate surface area is 156 Å². The third kappa shape index (κ3) is 3.12. The Balaban J connectivity index is 1.46. The standard InChI is InChI=1S/C21H30N2O3/c1-16(24)22-11-6-18(7-12-22)23-13-9-21(10-14-23)20-17(8-15-26-21)4-3-5-19(20)25-2/h3-5,18H,6-15H2,1-2H3. The van der Waals surface area contributed by atoms with Gasteiger partial charge < -0.3 is 19.3 Å². The first-order chi connectivity index (χ1) is 12.6. The Hall–Kier alpha value is -1.59. The molecule has 0 radical (unpaired) electrons. The van der Waals surface area contributed by atoms with Crippen molar-refractivity contribution in [1.82, 2.24) is 9.80 Å². The van der Waals surface area contributed by atoms with Crippen molar-refractivity contribution in [3.8, 4) is 5.75 Å². The molecule has 3 aliphatic rings. The minimum atomic E-state index is -0.184. The van der Waals surface area contributed by atoms with E-state index in [1.165, 1.54) is 11.1 Å². The molecule has 1 spiro atoms. The van der Waals surface area contributed by atoms with Crippen LogP contribution in [0.5, 0.6) is 5.75 Å². The molecule has 26 heavy (non-hydrogen) atoms. The first kappa shape index (κ1) is 17.8. The van der Waals surface area contributed by atoms with Crippen LogP contribution < -0.4 is 4.74 Å². The fourth-order valence-electron chi connectivity index (χ4n) is 5.09. The van der Waals surface area contributed by atoms with Crippen LogP contribution in [0.15, 0.2) is 18.2 Å². The summed E-state index contributed by atoms with van der Waals surface area (Å²) in [4.78, 5) is 16.1. The molecule has 5 nitrogen and oxygen atoms in total. The van der Waals surface area contributed by atoms with Crippen molar-refractivity contribution in [3.05, 3.63) is 29.3 Å². The molecule has 0 bridgehead atoms. The van der Waals surface area contributed by atoms with Gasteiger partial charge in [0.25, 0.3) is 0 Å². The van der Waals surface area contributed by atoms with Crippen LogP contribution >= 0.6 is 0 Å². The first-order valence-corrected chi connectivity index (χ1v) is 9.93. The van der Waals surface area contributed by atoms with E-state index in [-0.39, 0.29) is 11.5 Å². The Kier molecular flexibility index (Phi) is 4.93.